The van der Waals surface area contributed by atoms with Crippen molar-refractivity contribution < 1.29 is 18.0 Å². The van der Waals surface area contributed by atoms with Crippen molar-refractivity contribution in [3.63, 3.8) is 0 Å². The Hall–Kier alpha value is -3.65. The maximum atomic E-state index is 12.7. The average molecular weight is 478 g/mol. The highest BCUT2D eigenvalue weighted by Crippen LogP contribution is 2.30. The molecule has 3 N–H and O–H groups in total. The summed E-state index contributed by atoms with van der Waals surface area (Å²) in [6, 6.07) is 19.9. The SMILES string of the molecule is Cc1ccc(NS(=O)(=O)c2ccc(C(=O)NC(C)c3ccc(NC(=O)C4CC4)cc3)cc2)cc1. The number of amides is 2. The number of hydrogen-bond donors (Lipinski definition) is 3. The second kappa shape index (κ2) is 9.69. The van der Waals surface area contributed by atoms with Crippen LogP contribution in [0.1, 0.15) is 47.3 Å². The van der Waals surface area contributed by atoms with E-state index in [0.717, 1.165) is 29.7 Å². The molecule has 0 aromatic heterocycles. The van der Waals surface area contributed by atoms with Crippen LogP contribution in [0.15, 0.2) is 77.7 Å². The Morgan fingerprint density at radius 3 is 2.03 bits per heavy atom. The van der Waals surface area contributed by atoms with Crippen LogP contribution in [0.3, 0.4) is 0 Å². The van der Waals surface area contributed by atoms with Crippen molar-refractivity contribution in [2.75, 3.05) is 10.0 Å². The van der Waals surface area contributed by atoms with E-state index < -0.39 is 10.0 Å². The minimum atomic E-state index is -3.76. The zero-order valence-corrected chi connectivity index (χ0v) is 19.9. The van der Waals surface area contributed by atoms with Gasteiger partial charge in [-0.15, -0.1) is 0 Å². The minimum Gasteiger partial charge on any atom is -0.346 e. The number of benzene rings is 3. The first-order chi connectivity index (χ1) is 16.2. The predicted octanol–water partition coefficient (Wildman–Crippen LogP) is 4.64. The Bertz CT molecular complexity index is 1280. The van der Waals surface area contributed by atoms with Crippen LogP contribution in [0.4, 0.5) is 11.4 Å². The topological polar surface area (TPSA) is 104 Å². The van der Waals surface area contributed by atoms with Crippen LogP contribution in [0.25, 0.3) is 0 Å². The van der Waals surface area contributed by atoms with Crippen LogP contribution in [-0.2, 0) is 14.8 Å². The average Bonchev–Trinajstić information content (AvgIpc) is 3.67. The molecule has 1 saturated carbocycles. The van der Waals surface area contributed by atoms with Crippen LogP contribution in [-0.4, -0.2) is 20.2 Å². The zero-order valence-electron chi connectivity index (χ0n) is 19.0. The summed E-state index contributed by atoms with van der Waals surface area (Å²) in [6.45, 7) is 3.79. The monoisotopic (exact) mass is 477 g/mol. The van der Waals surface area contributed by atoms with Gasteiger partial charge in [0, 0.05) is 22.9 Å². The fourth-order valence-electron chi connectivity index (χ4n) is 3.43. The largest absolute Gasteiger partial charge is 0.346 e. The number of aryl methyl sites for hydroxylation is 1. The molecule has 34 heavy (non-hydrogen) atoms. The summed E-state index contributed by atoms with van der Waals surface area (Å²) in [5.41, 5.74) is 3.48. The molecule has 4 rings (SSSR count). The molecule has 0 bridgehead atoms. The van der Waals surface area contributed by atoms with E-state index in [9.17, 15) is 18.0 Å². The minimum absolute atomic E-state index is 0.0497. The van der Waals surface area contributed by atoms with E-state index in [1.54, 1.807) is 12.1 Å². The summed E-state index contributed by atoms with van der Waals surface area (Å²) >= 11 is 0. The molecular weight excluding hydrogens is 450 g/mol. The first-order valence-electron chi connectivity index (χ1n) is 11.1. The highest BCUT2D eigenvalue weighted by molar-refractivity contribution is 7.92. The van der Waals surface area contributed by atoms with Crippen molar-refractivity contribution in [3.8, 4) is 0 Å². The molecular formula is C26H27N3O4S. The maximum Gasteiger partial charge on any atom is 0.261 e. The lowest BCUT2D eigenvalue weighted by molar-refractivity contribution is -0.117. The van der Waals surface area contributed by atoms with Gasteiger partial charge in [0.1, 0.15) is 0 Å². The maximum absolute atomic E-state index is 12.7. The standard InChI is InChI=1S/C26H27N3O4S/c1-17-3-11-23(12-4-17)29-34(32,33)24-15-9-21(10-16-24)25(30)27-18(2)19-7-13-22(14-8-19)28-26(31)20-5-6-20/h3-4,7-16,18,20,29H,5-6H2,1-2H3,(H,27,30)(H,28,31). The molecule has 0 aliphatic heterocycles. The summed E-state index contributed by atoms with van der Waals surface area (Å²) in [5.74, 6) is -0.125. The third-order valence-corrected chi connectivity index (χ3v) is 7.10. The lowest BCUT2D eigenvalue weighted by Gasteiger charge is -2.15. The smallest absolute Gasteiger partial charge is 0.261 e. The number of rotatable bonds is 8. The molecule has 1 unspecified atom stereocenters. The molecule has 7 nitrogen and oxygen atoms in total. The van der Waals surface area contributed by atoms with E-state index in [-0.39, 0.29) is 28.7 Å². The molecule has 1 aliphatic rings. The van der Waals surface area contributed by atoms with Crippen LogP contribution in [0, 0.1) is 12.8 Å². The van der Waals surface area contributed by atoms with Gasteiger partial charge in [-0.1, -0.05) is 29.8 Å². The fraction of sp³-hybridized carbons (Fsp3) is 0.231. The van der Waals surface area contributed by atoms with Gasteiger partial charge < -0.3 is 10.6 Å². The van der Waals surface area contributed by atoms with Gasteiger partial charge in [-0.05, 0) is 80.8 Å². The van der Waals surface area contributed by atoms with Gasteiger partial charge in [-0.2, -0.15) is 0 Å². The quantitative estimate of drug-likeness (QED) is 0.440. The summed E-state index contributed by atoms with van der Waals surface area (Å²) in [4.78, 5) is 24.6. The van der Waals surface area contributed by atoms with Crippen molar-refractivity contribution in [3.05, 3.63) is 89.5 Å². The van der Waals surface area contributed by atoms with Crippen LogP contribution in [0.2, 0.25) is 0 Å². The molecule has 8 heteroatoms. The number of hydrogen-bond acceptors (Lipinski definition) is 4. The highest BCUT2D eigenvalue weighted by atomic mass is 32.2. The Kier molecular flexibility index (Phi) is 6.70. The first-order valence-corrected chi connectivity index (χ1v) is 12.6. The number of sulfonamides is 1. The molecule has 3 aromatic rings. The third-order valence-electron chi connectivity index (χ3n) is 5.70. The molecule has 3 aromatic carbocycles. The van der Waals surface area contributed by atoms with E-state index in [2.05, 4.69) is 15.4 Å². The van der Waals surface area contributed by atoms with Crippen LogP contribution < -0.4 is 15.4 Å². The van der Waals surface area contributed by atoms with E-state index in [0.29, 0.717) is 11.3 Å². The summed E-state index contributed by atoms with van der Waals surface area (Å²) in [7, 11) is -3.76. The number of anilines is 2. The molecule has 1 aliphatic carbocycles. The molecule has 0 heterocycles. The number of carbonyl (C=O) groups excluding carboxylic acids is 2. The van der Waals surface area contributed by atoms with Crippen molar-refractivity contribution >= 4 is 33.2 Å². The van der Waals surface area contributed by atoms with Crippen molar-refractivity contribution in [1.29, 1.82) is 0 Å². The molecule has 2 amide bonds. The Morgan fingerprint density at radius 2 is 1.44 bits per heavy atom. The van der Waals surface area contributed by atoms with E-state index in [4.69, 9.17) is 0 Å². The van der Waals surface area contributed by atoms with Gasteiger partial charge in [0.15, 0.2) is 0 Å². The van der Waals surface area contributed by atoms with Gasteiger partial charge in [-0.3, -0.25) is 14.3 Å². The second-order valence-corrected chi connectivity index (χ2v) is 10.3. The number of carbonyl (C=O) groups is 2. The Labute approximate surface area is 199 Å². The van der Waals surface area contributed by atoms with Gasteiger partial charge >= 0.3 is 0 Å². The molecule has 0 radical (unpaired) electrons. The molecule has 1 fully saturated rings. The molecule has 0 saturated heterocycles. The predicted molar refractivity (Wildman–Crippen MR) is 132 cm³/mol. The van der Waals surface area contributed by atoms with Crippen LogP contribution >= 0.6 is 0 Å². The van der Waals surface area contributed by atoms with Gasteiger partial charge in [0.05, 0.1) is 10.9 Å². The highest BCUT2D eigenvalue weighted by Gasteiger charge is 2.29. The van der Waals surface area contributed by atoms with E-state index in [1.807, 2.05) is 50.2 Å². The zero-order chi connectivity index (χ0) is 24.3. The second-order valence-electron chi connectivity index (χ2n) is 8.58. The Morgan fingerprint density at radius 1 is 0.853 bits per heavy atom. The summed E-state index contributed by atoms with van der Waals surface area (Å²) < 4.78 is 27.8. The fourth-order valence-corrected chi connectivity index (χ4v) is 4.49. The van der Waals surface area contributed by atoms with Crippen LogP contribution in [0.5, 0.6) is 0 Å². The van der Waals surface area contributed by atoms with Gasteiger partial charge in [0.2, 0.25) is 5.91 Å². The Balaban J connectivity index is 1.36. The lowest BCUT2D eigenvalue weighted by atomic mass is 10.1. The number of nitrogens with one attached hydrogen (secondary N) is 3. The molecule has 0 spiro atoms. The normalized spacial score (nSPS) is 14.2. The summed E-state index contributed by atoms with van der Waals surface area (Å²) in [6.07, 6.45) is 1.90. The lowest BCUT2D eigenvalue weighted by Crippen LogP contribution is -2.26. The van der Waals surface area contributed by atoms with Crippen molar-refractivity contribution in [2.24, 2.45) is 5.92 Å². The van der Waals surface area contributed by atoms with Crippen molar-refractivity contribution in [2.45, 2.75) is 37.6 Å². The van der Waals surface area contributed by atoms with E-state index in [1.165, 1.54) is 24.3 Å². The van der Waals surface area contributed by atoms with Gasteiger partial charge in [-0.25, -0.2) is 8.42 Å². The molecule has 176 valence electrons. The third kappa shape index (κ3) is 5.82. The van der Waals surface area contributed by atoms with Crippen molar-refractivity contribution in [1.82, 2.24) is 5.32 Å². The first kappa shape index (κ1) is 23.5. The molecule has 1 atom stereocenters. The summed E-state index contributed by atoms with van der Waals surface area (Å²) in [5, 5.41) is 5.80. The van der Waals surface area contributed by atoms with Gasteiger partial charge in [0.25, 0.3) is 15.9 Å². The van der Waals surface area contributed by atoms with E-state index >= 15 is 0 Å².